The van der Waals surface area contributed by atoms with E-state index in [4.69, 9.17) is 5.73 Å². The third kappa shape index (κ3) is 3.67. The Hall–Kier alpha value is -1.30. The van der Waals surface area contributed by atoms with Gasteiger partial charge in [0.05, 0.1) is 0 Å². The fraction of sp³-hybridized carbons (Fsp3) is 0.733. The fourth-order valence-electron chi connectivity index (χ4n) is 2.35. The number of nitrogens with two attached hydrogens (primary N) is 1. The zero-order valence-electron chi connectivity index (χ0n) is 13.0. The van der Waals surface area contributed by atoms with Gasteiger partial charge in [0, 0.05) is 18.1 Å². The first-order chi connectivity index (χ1) is 9.83. The molecule has 0 atom stereocenters. The molecule has 2 aliphatic rings. The molecule has 1 aromatic heterocycles. The minimum absolute atomic E-state index is 0.0707. The van der Waals surface area contributed by atoms with Gasteiger partial charge in [-0.1, -0.05) is 11.3 Å². The first-order valence-corrected chi connectivity index (χ1v) is 8.50. The molecule has 0 aliphatic heterocycles. The lowest BCUT2D eigenvalue weighted by Gasteiger charge is -2.21. The zero-order chi connectivity index (χ0) is 15.2. The molecule has 116 valence electrons. The van der Waals surface area contributed by atoms with E-state index in [9.17, 15) is 4.79 Å². The topological polar surface area (TPSA) is 71.2 Å². The van der Waals surface area contributed by atoms with Crippen molar-refractivity contribution in [3.05, 3.63) is 4.88 Å². The van der Waals surface area contributed by atoms with Crippen LogP contribution >= 0.6 is 11.3 Å². The van der Waals surface area contributed by atoms with E-state index in [0.717, 1.165) is 24.5 Å². The Kier molecular flexibility index (Phi) is 3.59. The third-order valence-corrected chi connectivity index (χ3v) is 4.70. The van der Waals surface area contributed by atoms with Crippen molar-refractivity contribution in [1.29, 1.82) is 0 Å². The molecule has 3 rings (SSSR count). The summed E-state index contributed by atoms with van der Waals surface area (Å²) >= 11 is 1.38. The molecule has 1 heterocycles. The molecule has 5 nitrogen and oxygen atoms in total. The molecule has 2 saturated carbocycles. The number of anilines is 2. The molecule has 0 bridgehead atoms. The van der Waals surface area contributed by atoms with Gasteiger partial charge >= 0.3 is 0 Å². The van der Waals surface area contributed by atoms with E-state index in [1.807, 2.05) is 4.90 Å². The van der Waals surface area contributed by atoms with Crippen molar-refractivity contribution < 1.29 is 4.79 Å². The fourth-order valence-corrected chi connectivity index (χ4v) is 3.40. The lowest BCUT2D eigenvalue weighted by molar-refractivity contribution is 0.0740. The van der Waals surface area contributed by atoms with E-state index >= 15 is 0 Å². The Balaban J connectivity index is 1.76. The van der Waals surface area contributed by atoms with E-state index in [1.165, 1.54) is 24.2 Å². The predicted octanol–water partition coefficient (Wildman–Crippen LogP) is 2.95. The second kappa shape index (κ2) is 5.16. The highest BCUT2D eigenvalue weighted by atomic mass is 32.1. The summed E-state index contributed by atoms with van der Waals surface area (Å²) in [6, 6.07) is 0.429. The molecule has 1 aromatic rings. The highest BCUT2D eigenvalue weighted by Crippen LogP contribution is 2.37. The average molecular weight is 308 g/mol. The molecule has 0 aromatic carbocycles. The number of amides is 1. The number of nitrogens with zero attached hydrogens (tertiary/aromatic N) is 2. The van der Waals surface area contributed by atoms with Gasteiger partial charge in [0.25, 0.3) is 5.91 Å². The molecule has 0 unspecified atom stereocenters. The lowest BCUT2D eigenvalue weighted by Crippen LogP contribution is -2.34. The molecule has 6 heteroatoms. The van der Waals surface area contributed by atoms with Gasteiger partial charge in [0.15, 0.2) is 5.13 Å². The Morgan fingerprint density at radius 3 is 2.57 bits per heavy atom. The summed E-state index contributed by atoms with van der Waals surface area (Å²) in [6.07, 6.45) is 4.77. The first-order valence-electron chi connectivity index (χ1n) is 7.69. The van der Waals surface area contributed by atoms with Crippen LogP contribution in [0.25, 0.3) is 0 Å². The van der Waals surface area contributed by atoms with Gasteiger partial charge in [-0.25, -0.2) is 4.98 Å². The molecule has 2 fully saturated rings. The molecular formula is C15H24N4OS. The highest BCUT2D eigenvalue weighted by molar-refractivity contribution is 7.18. The second-order valence-corrected chi connectivity index (χ2v) is 8.24. The SMILES string of the molecule is CC(C)(C)Nc1nc(N)c(C(=O)N(CC2CC2)C2CC2)s1. The van der Waals surface area contributed by atoms with Gasteiger partial charge in [-0.3, -0.25) is 4.79 Å². The van der Waals surface area contributed by atoms with Crippen LogP contribution in [0.1, 0.15) is 56.1 Å². The maximum Gasteiger partial charge on any atom is 0.268 e. The quantitative estimate of drug-likeness (QED) is 0.877. The van der Waals surface area contributed by atoms with Crippen LogP contribution in [-0.2, 0) is 0 Å². The van der Waals surface area contributed by atoms with Crippen molar-refractivity contribution in [2.75, 3.05) is 17.6 Å². The Morgan fingerprint density at radius 2 is 2.05 bits per heavy atom. The van der Waals surface area contributed by atoms with Crippen LogP contribution in [0.3, 0.4) is 0 Å². The normalized spacial score (nSPS) is 18.6. The van der Waals surface area contributed by atoms with Crippen molar-refractivity contribution in [2.45, 2.75) is 58.0 Å². The molecule has 2 aliphatic carbocycles. The van der Waals surface area contributed by atoms with Gasteiger partial charge in [-0.05, 0) is 52.4 Å². The average Bonchev–Trinajstić information content (AvgIpc) is 3.23. The predicted molar refractivity (Wildman–Crippen MR) is 86.7 cm³/mol. The zero-order valence-corrected chi connectivity index (χ0v) is 13.8. The third-order valence-electron chi connectivity index (χ3n) is 3.73. The van der Waals surface area contributed by atoms with Crippen molar-refractivity contribution in [1.82, 2.24) is 9.88 Å². The monoisotopic (exact) mass is 308 g/mol. The summed E-state index contributed by atoms with van der Waals surface area (Å²) in [5.74, 6) is 1.13. The van der Waals surface area contributed by atoms with E-state index in [0.29, 0.717) is 22.7 Å². The summed E-state index contributed by atoms with van der Waals surface area (Å²) in [7, 11) is 0. The van der Waals surface area contributed by atoms with E-state index < -0.39 is 0 Å². The summed E-state index contributed by atoms with van der Waals surface area (Å²) in [5.41, 5.74) is 5.89. The molecule has 0 spiro atoms. The van der Waals surface area contributed by atoms with Crippen LogP contribution in [-0.4, -0.2) is 33.9 Å². The number of hydrogen-bond donors (Lipinski definition) is 2. The van der Waals surface area contributed by atoms with Gasteiger partial charge < -0.3 is 16.0 Å². The van der Waals surface area contributed by atoms with E-state index in [2.05, 4.69) is 31.1 Å². The van der Waals surface area contributed by atoms with Gasteiger partial charge in [0.2, 0.25) is 0 Å². The van der Waals surface area contributed by atoms with Crippen LogP contribution in [0.15, 0.2) is 0 Å². The van der Waals surface area contributed by atoms with Gasteiger partial charge in [-0.15, -0.1) is 0 Å². The minimum atomic E-state index is -0.0885. The largest absolute Gasteiger partial charge is 0.382 e. The van der Waals surface area contributed by atoms with Crippen molar-refractivity contribution in [2.24, 2.45) is 5.92 Å². The highest BCUT2D eigenvalue weighted by Gasteiger charge is 2.38. The lowest BCUT2D eigenvalue weighted by atomic mass is 10.1. The molecular weight excluding hydrogens is 284 g/mol. The van der Waals surface area contributed by atoms with Crippen molar-refractivity contribution >= 4 is 28.2 Å². The van der Waals surface area contributed by atoms with Crippen LogP contribution in [0, 0.1) is 5.92 Å². The second-order valence-electron chi connectivity index (χ2n) is 7.24. The number of rotatable bonds is 5. The Morgan fingerprint density at radius 1 is 1.38 bits per heavy atom. The maximum atomic E-state index is 12.8. The van der Waals surface area contributed by atoms with E-state index in [-0.39, 0.29) is 11.4 Å². The van der Waals surface area contributed by atoms with E-state index in [1.54, 1.807) is 0 Å². The number of hydrogen-bond acceptors (Lipinski definition) is 5. The molecule has 1 amide bonds. The number of nitrogens with one attached hydrogen (secondary N) is 1. The van der Waals surface area contributed by atoms with Crippen LogP contribution in [0.5, 0.6) is 0 Å². The number of carbonyl (C=O) groups is 1. The summed E-state index contributed by atoms with van der Waals surface area (Å²) in [5, 5.41) is 4.02. The molecule has 3 N–H and O–H groups in total. The van der Waals surface area contributed by atoms with Crippen molar-refractivity contribution in [3.63, 3.8) is 0 Å². The minimum Gasteiger partial charge on any atom is -0.382 e. The number of aromatic nitrogens is 1. The van der Waals surface area contributed by atoms with Crippen molar-refractivity contribution in [3.8, 4) is 0 Å². The smallest absolute Gasteiger partial charge is 0.268 e. The van der Waals surface area contributed by atoms with Crippen LogP contribution in [0.4, 0.5) is 10.9 Å². The van der Waals surface area contributed by atoms with Gasteiger partial charge in [-0.2, -0.15) is 0 Å². The number of thiazole rings is 1. The maximum absolute atomic E-state index is 12.8. The van der Waals surface area contributed by atoms with Crippen LogP contribution < -0.4 is 11.1 Å². The summed E-state index contributed by atoms with van der Waals surface area (Å²) < 4.78 is 0. The molecule has 0 saturated heterocycles. The summed E-state index contributed by atoms with van der Waals surface area (Å²) in [6.45, 7) is 7.09. The standard InChI is InChI=1S/C15H24N4OS/c1-15(2,3)18-14-17-12(16)11(21-14)13(20)19(10-6-7-10)8-9-4-5-9/h9-10H,4-8,16H2,1-3H3,(H,17,18). The molecule has 21 heavy (non-hydrogen) atoms. The van der Waals surface area contributed by atoms with Crippen LogP contribution in [0.2, 0.25) is 0 Å². The molecule has 0 radical (unpaired) electrons. The Labute approximate surface area is 129 Å². The Bertz CT molecular complexity index is 540. The first kappa shape index (κ1) is 14.6. The summed E-state index contributed by atoms with van der Waals surface area (Å²) in [4.78, 5) is 19.7. The van der Waals surface area contributed by atoms with Gasteiger partial charge in [0.1, 0.15) is 10.7 Å². The number of carbonyl (C=O) groups excluding carboxylic acids is 1. The number of nitrogen functional groups attached to an aromatic ring is 1.